The summed E-state index contributed by atoms with van der Waals surface area (Å²) >= 11 is 0. The van der Waals surface area contributed by atoms with Gasteiger partial charge < -0.3 is 64.2 Å². The lowest BCUT2D eigenvalue weighted by Crippen LogP contribution is -2.65. The van der Waals surface area contributed by atoms with Crippen LogP contribution in [0.5, 0.6) is 0 Å². The number of fused-ring (bicyclic) bond motifs is 7. The van der Waals surface area contributed by atoms with Gasteiger partial charge in [0.15, 0.2) is 18.4 Å². The molecule has 0 aromatic carbocycles. The van der Waals surface area contributed by atoms with E-state index in [0.717, 1.165) is 45.1 Å². The maximum absolute atomic E-state index is 11.3. The zero-order valence-corrected chi connectivity index (χ0v) is 31.2. The van der Waals surface area contributed by atoms with Gasteiger partial charge in [-0.05, 0) is 80.5 Å². The van der Waals surface area contributed by atoms with Crippen molar-refractivity contribution in [1.29, 1.82) is 0 Å². The lowest BCUT2D eigenvalue weighted by Gasteiger charge is -2.60. The van der Waals surface area contributed by atoms with Crippen LogP contribution in [0.1, 0.15) is 86.0 Å². The number of hydrogen-bond acceptors (Lipinski definition) is 13. The van der Waals surface area contributed by atoms with Crippen LogP contribution in [0.15, 0.2) is 11.6 Å². The number of aliphatic hydroxyl groups is 7. The third-order valence-electron chi connectivity index (χ3n) is 15.6. The summed E-state index contributed by atoms with van der Waals surface area (Å²) in [6.07, 6.45) is -5.83. The molecule has 52 heavy (non-hydrogen) atoms. The highest BCUT2D eigenvalue weighted by atomic mass is 16.8. The molecule has 4 heterocycles. The van der Waals surface area contributed by atoms with E-state index in [0.29, 0.717) is 42.4 Å². The third kappa shape index (κ3) is 5.74. The Labute approximate surface area is 306 Å². The van der Waals surface area contributed by atoms with Gasteiger partial charge in [0.05, 0.1) is 37.6 Å². The van der Waals surface area contributed by atoms with E-state index in [2.05, 4.69) is 33.8 Å². The van der Waals surface area contributed by atoms with Crippen molar-refractivity contribution in [3.05, 3.63) is 11.6 Å². The first kappa shape index (κ1) is 38.1. The van der Waals surface area contributed by atoms with Crippen molar-refractivity contribution >= 4 is 0 Å². The quantitative estimate of drug-likeness (QED) is 0.200. The van der Waals surface area contributed by atoms with Crippen LogP contribution in [-0.4, -0.2) is 134 Å². The second-order valence-electron chi connectivity index (χ2n) is 18.3. The highest BCUT2D eigenvalue weighted by Gasteiger charge is 2.69. The molecule has 296 valence electrons. The minimum absolute atomic E-state index is 0.111. The van der Waals surface area contributed by atoms with E-state index in [1.165, 1.54) is 5.57 Å². The molecule has 0 aromatic heterocycles. The summed E-state index contributed by atoms with van der Waals surface area (Å²) in [5.41, 5.74) is 0.821. The summed E-state index contributed by atoms with van der Waals surface area (Å²) in [7, 11) is 0. The molecule has 0 bridgehead atoms. The fourth-order valence-corrected chi connectivity index (χ4v) is 12.6. The van der Waals surface area contributed by atoms with Crippen LogP contribution >= 0.6 is 0 Å². The minimum atomic E-state index is -1.72. The highest BCUT2D eigenvalue weighted by molar-refractivity contribution is 5.29. The lowest BCUT2D eigenvalue weighted by molar-refractivity contribution is -0.374. The van der Waals surface area contributed by atoms with Gasteiger partial charge in [-0.2, -0.15) is 0 Å². The molecule has 0 aromatic rings. The molecule has 22 atom stereocenters. The van der Waals surface area contributed by atoms with E-state index in [4.69, 9.17) is 28.4 Å². The van der Waals surface area contributed by atoms with Gasteiger partial charge in [0.1, 0.15) is 42.7 Å². The first-order valence-corrected chi connectivity index (χ1v) is 19.9. The largest absolute Gasteiger partial charge is 0.394 e. The summed E-state index contributed by atoms with van der Waals surface area (Å²) in [5, 5.41) is 74.6. The Balaban J connectivity index is 1.05. The normalized spacial score (nSPS) is 58.9. The van der Waals surface area contributed by atoms with Crippen molar-refractivity contribution in [2.24, 2.45) is 46.3 Å². The topological polar surface area (TPSA) is 197 Å². The van der Waals surface area contributed by atoms with Crippen LogP contribution in [0.3, 0.4) is 0 Å². The number of hydrogen-bond donors (Lipinski definition) is 7. The first-order chi connectivity index (χ1) is 24.6. The maximum atomic E-state index is 11.3. The molecular weight excluding hydrogens is 676 g/mol. The summed E-state index contributed by atoms with van der Waals surface area (Å²) in [4.78, 5) is 0. The molecule has 4 aliphatic carbocycles. The molecule has 13 nitrogen and oxygen atoms in total. The Kier molecular flexibility index (Phi) is 10.0. The molecule has 0 unspecified atom stereocenters. The maximum Gasteiger partial charge on any atom is 0.187 e. The van der Waals surface area contributed by atoms with E-state index < -0.39 is 91.4 Å². The second kappa shape index (κ2) is 13.7. The van der Waals surface area contributed by atoms with Gasteiger partial charge in [-0.25, -0.2) is 0 Å². The summed E-state index contributed by atoms with van der Waals surface area (Å²) in [6, 6.07) is 0. The van der Waals surface area contributed by atoms with Crippen LogP contribution < -0.4 is 0 Å². The lowest BCUT2D eigenvalue weighted by atomic mass is 9.46. The Morgan fingerprint density at radius 2 is 1.60 bits per heavy atom. The van der Waals surface area contributed by atoms with Crippen LogP contribution in [0.2, 0.25) is 0 Å². The van der Waals surface area contributed by atoms with Crippen molar-refractivity contribution in [2.75, 3.05) is 13.2 Å². The van der Waals surface area contributed by atoms with Crippen molar-refractivity contribution in [1.82, 2.24) is 0 Å². The fourth-order valence-electron chi connectivity index (χ4n) is 12.6. The summed E-state index contributed by atoms with van der Waals surface area (Å²) < 4.78 is 38.2. The zero-order chi connectivity index (χ0) is 37.1. The van der Waals surface area contributed by atoms with Gasteiger partial charge in [-0.3, -0.25) is 0 Å². The van der Waals surface area contributed by atoms with Gasteiger partial charge in [0.25, 0.3) is 0 Å². The molecule has 13 heteroatoms. The Morgan fingerprint density at radius 1 is 0.827 bits per heavy atom. The summed E-state index contributed by atoms with van der Waals surface area (Å²) in [6.45, 7) is 11.1. The van der Waals surface area contributed by atoms with Crippen LogP contribution in [-0.2, 0) is 28.4 Å². The average Bonchev–Trinajstić information content (AvgIpc) is 3.56. The smallest absolute Gasteiger partial charge is 0.187 e. The zero-order valence-electron chi connectivity index (χ0n) is 31.2. The van der Waals surface area contributed by atoms with Crippen molar-refractivity contribution in [3.63, 3.8) is 0 Å². The van der Waals surface area contributed by atoms with Gasteiger partial charge in [-0.1, -0.05) is 39.3 Å². The van der Waals surface area contributed by atoms with E-state index in [1.807, 2.05) is 0 Å². The number of ether oxygens (including phenoxy) is 6. The van der Waals surface area contributed by atoms with Gasteiger partial charge in [0, 0.05) is 24.2 Å². The molecule has 1 spiro atoms. The van der Waals surface area contributed by atoms with Crippen molar-refractivity contribution < 1.29 is 64.2 Å². The first-order valence-electron chi connectivity index (χ1n) is 19.9. The minimum Gasteiger partial charge on any atom is -0.394 e. The molecule has 4 aliphatic heterocycles. The van der Waals surface area contributed by atoms with E-state index in [1.54, 1.807) is 6.92 Å². The standard InChI is InChI=1S/C39H62O13/c1-17-8-11-39(47-16-17)18(2)28-25(52-39)14-24-22-7-6-20-12-21(41)13-27(38(20,5)23(22)9-10-37(24,28)4)50-36-34(32(45)29(42)19(3)48-36)51-35-33(46)31(44)30(43)26(15-40)49-35/h6,17-19,21-36,40-46H,7-16H2,1-5H3/t17-,18-,19+,21+,22+,23-,24-,25-,26+,27+,28-,29-,30+,31-,32-,33+,34+,35-,36-,37-,38-,39+/m0/s1. The van der Waals surface area contributed by atoms with Gasteiger partial charge in [0.2, 0.25) is 0 Å². The molecule has 7 fully saturated rings. The SMILES string of the molecule is C[C@H]1CC[C@@]2(OC1)O[C@H]1C[C@H]3[C@@H]4CC=C5C[C@@H](O)C[C@@H](O[C@@H]6O[C@H](C)[C@H](O)[C@H](O)[C@H]6O[C@@H]6O[C@H](CO)[C@@H](O)[C@H](O)[C@H]6O)[C@]5(C)[C@H]4CC[C@]3(C)[C@H]1[C@@H]2C. The van der Waals surface area contributed by atoms with Crippen LogP contribution in [0.4, 0.5) is 0 Å². The Bertz CT molecular complexity index is 1340. The second-order valence-corrected chi connectivity index (χ2v) is 18.3. The monoisotopic (exact) mass is 738 g/mol. The van der Waals surface area contributed by atoms with Crippen molar-refractivity contribution in [3.8, 4) is 0 Å². The molecule has 0 radical (unpaired) electrons. The van der Waals surface area contributed by atoms with E-state index >= 15 is 0 Å². The molecule has 4 saturated heterocycles. The molecule has 8 rings (SSSR count). The summed E-state index contributed by atoms with van der Waals surface area (Å²) in [5.74, 6) is 1.93. The van der Waals surface area contributed by atoms with E-state index in [9.17, 15) is 35.7 Å². The Morgan fingerprint density at radius 3 is 2.31 bits per heavy atom. The molecule has 8 aliphatic rings. The van der Waals surface area contributed by atoms with Gasteiger partial charge >= 0.3 is 0 Å². The molecule has 7 N–H and O–H groups in total. The predicted octanol–water partition coefficient (Wildman–Crippen LogP) is 1.36. The number of aliphatic hydroxyl groups excluding tert-OH is 7. The van der Waals surface area contributed by atoms with E-state index in [-0.39, 0.29) is 17.4 Å². The van der Waals surface area contributed by atoms with Gasteiger partial charge in [-0.15, -0.1) is 0 Å². The van der Waals surface area contributed by atoms with Crippen LogP contribution in [0.25, 0.3) is 0 Å². The number of allylic oxidation sites excluding steroid dienone is 1. The third-order valence-corrected chi connectivity index (χ3v) is 15.6. The molecule has 0 amide bonds. The van der Waals surface area contributed by atoms with Crippen LogP contribution in [0, 0.1) is 46.3 Å². The molecular formula is C39H62O13. The molecule has 3 saturated carbocycles. The fraction of sp³-hybridized carbons (Fsp3) is 0.949. The number of rotatable bonds is 5. The van der Waals surface area contributed by atoms with Crippen molar-refractivity contribution in [2.45, 2.75) is 171 Å². The predicted molar refractivity (Wildman–Crippen MR) is 183 cm³/mol. The average molecular weight is 739 g/mol. The highest BCUT2D eigenvalue weighted by Crippen LogP contribution is 2.71. The Hall–Kier alpha value is -0.780.